The molecule has 0 spiro atoms. The zero-order valence-corrected chi connectivity index (χ0v) is 13.7. The molecule has 3 nitrogen and oxygen atoms in total. The van der Waals surface area contributed by atoms with Crippen LogP contribution in [0.15, 0.2) is 64.4 Å². The molecule has 0 bridgehead atoms. The summed E-state index contributed by atoms with van der Waals surface area (Å²) in [5.74, 6) is -0.798. The van der Waals surface area contributed by atoms with Crippen LogP contribution in [0.25, 0.3) is 0 Å². The van der Waals surface area contributed by atoms with E-state index < -0.39 is 12.0 Å². The fourth-order valence-electron chi connectivity index (χ4n) is 2.29. The van der Waals surface area contributed by atoms with Crippen LogP contribution < -0.4 is 4.90 Å². The van der Waals surface area contributed by atoms with Gasteiger partial charge in [0.2, 0.25) is 0 Å². The zero-order chi connectivity index (χ0) is 15.9. The van der Waals surface area contributed by atoms with Crippen molar-refractivity contribution in [3.05, 3.63) is 54.6 Å². The molecule has 1 atom stereocenters. The number of nitrogens with zero attached hydrogens (tertiary/aromatic N) is 1. The summed E-state index contributed by atoms with van der Waals surface area (Å²) in [5.41, 5.74) is 0.980. The lowest BCUT2D eigenvalue weighted by molar-refractivity contribution is -0.138. The first-order valence-corrected chi connectivity index (χ1v) is 8.26. The minimum atomic E-state index is -0.798. The molecule has 0 saturated carbocycles. The van der Waals surface area contributed by atoms with Crippen LogP contribution in [0.5, 0.6) is 0 Å². The van der Waals surface area contributed by atoms with Crippen LogP contribution >= 0.6 is 11.8 Å². The quantitative estimate of drug-likeness (QED) is 0.815. The van der Waals surface area contributed by atoms with E-state index in [-0.39, 0.29) is 0 Å². The lowest BCUT2D eigenvalue weighted by Gasteiger charge is -2.30. The van der Waals surface area contributed by atoms with Crippen molar-refractivity contribution in [1.82, 2.24) is 0 Å². The summed E-state index contributed by atoms with van der Waals surface area (Å²) in [6.07, 6.45) is 0.905. The molecule has 0 radical (unpaired) electrons. The fourth-order valence-corrected chi connectivity index (χ4v) is 3.28. The molecule has 0 amide bonds. The molecule has 0 aliphatic heterocycles. The van der Waals surface area contributed by atoms with Gasteiger partial charge in [0.25, 0.3) is 0 Å². The average Bonchev–Trinajstić information content (AvgIpc) is 2.54. The van der Waals surface area contributed by atoms with Gasteiger partial charge < -0.3 is 10.0 Å². The predicted molar refractivity (Wildman–Crippen MR) is 91.7 cm³/mol. The zero-order valence-electron chi connectivity index (χ0n) is 12.9. The molecule has 0 saturated heterocycles. The summed E-state index contributed by atoms with van der Waals surface area (Å²) in [7, 11) is 0. The number of hydrogen-bond acceptors (Lipinski definition) is 3. The van der Waals surface area contributed by atoms with E-state index in [1.807, 2.05) is 47.4 Å². The molecule has 2 rings (SSSR count). The van der Waals surface area contributed by atoms with Gasteiger partial charge in [-0.1, -0.05) is 49.0 Å². The number of para-hydroxylation sites is 1. The molecule has 0 aliphatic carbocycles. The number of anilines is 1. The topological polar surface area (TPSA) is 40.5 Å². The summed E-state index contributed by atoms with van der Waals surface area (Å²) in [6.45, 7) is 4.52. The van der Waals surface area contributed by atoms with E-state index in [4.69, 9.17) is 0 Å². The maximum Gasteiger partial charge on any atom is 0.326 e. The third-order valence-corrected chi connectivity index (χ3v) is 4.51. The lowest BCUT2D eigenvalue weighted by Crippen LogP contribution is -2.39. The Morgan fingerprint density at radius 3 is 2.41 bits per heavy atom. The molecule has 2 aromatic carbocycles. The smallest absolute Gasteiger partial charge is 0.326 e. The molecular formula is C18H21NO2S. The van der Waals surface area contributed by atoms with Gasteiger partial charge in [0, 0.05) is 16.3 Å². The first-order valence-electron chi connectivity index (χ1n) is 7.45. The number of carboxylic acids is 1. The third kappa shape index (κ3) is 4.04. The van der Waals surface area contributed by atoms with Gasteiger partial charge in [0.15, 0.2) is 0 Å². The van der Waals surface area contributed by atoms with Crippen molar-refractivity contribution in [2.24, 2.45) is 0 Å². The standard InChI is InChI=1S/C18H21NO2S/c1-3-13-19(14(2)18(20)21)16-11-7-8-12-17(16)22-15-9-5-4-6-10-15/h4-12,14H,3,13H2,1-2H3,(H,20,21). The molecule has 0 aliphatic rings. The second-order valence-corrected chi connectivity index (χ2v) is 6.21. The molecule has 1 unspecified atom stereocenters. The van der Waals surface area contributed by atoms with E-state index in [2.05, 4.69) is 19.1 Å². The highest BCUT2D eigenvalue weighted by atomic mass is 32.2. The molecule has 1 N–H and O–H groups in total. The Hall–Kier alpha value is -1.94. The number of rotatable bonds is 7. The van der Waals surface area contributed by atoms with Crippen LogP contribution in [0.4, 0.5) is 5.69 Å². The summed E-state index contributed by atoms with van der Waals surface area (Å²) in [5, 5.41) is 9.37. The van der Waals surface area contributed by atoms with Crippen LogP contribution in [0, 0.1) is 0 Å². The van der Waals surface area contributed by atoms with Crippen LogP contribution in [0.3, 0.4) is 0 Å². The summed E-state index contributed by atoms with van der Waals surface area (Å²) in [6, 6.07) is 17.6. The van der Waals surface area contributed by atoms with Crippen molar-refractivity contribution in [1.29, 1.82) is 0 Å². The SMILES string of the molecule is CCCN(c1ccccc1Sc1ccccc1)C(C)C(=O)O. The van der Waals surface area contributed by atoms with Crippen LogP contribution in [-0.4, -0.2) is 23.7 Å². The van der Waals surface area contributed by atoms with Crippen molar-refractivity contribution in [3.63, 3.8) is 0 Å². The Morgan fingerprint density at radius 2 is 1.77 bits per heavy atom. The van der Waals surface area contributed by atoms with Crippen molar-refractivity contribution in [3.8, 4) is 0 Å². The second kappa shape index (κ2) is 7.90. The van der Waals surface area contributed by atoms with Gasteiger partial charge in [-0.25, -0.2) is 4.79 Å². The van der Waals surface area contributed by atoms with E-state index in [1.54, 1.807) is 18.7 Å². The minimum Gasteiger partial charge on any atom is -0.480 e. The molecule has 0 aromatic heterocycles. The molecular weight excluding hydrogens is 294 g/mol. The van der Waals surface area contributed by atoms with Crippen molar-refractivity contribution in [2.45, 2.75) is 36.1 Å². The number of aliphatic carboxylic acids is 1. The second-order valence-electron chi connectivity index (χ2n) is 5.09. The Bertz CT molecular complexity index is 615. The molecule has 2 aromatic rings. The highest BCUT2D eigenvalue weighted by molar-refractivity contribution is 7.99. The van der Waals surface area contributed by atoms with Gasteiger partial charge in [-0.3, -0.25) is 0 Å². The Balaban J connectivity index is 2.34. The maximum atomic E-state index is 11.4. The number of hydrogen-bond donors (Lipinski definition) is 1. The summed E-state index contributed by atoms with van der Waals surface area (Å²) >= 11 is 1.66. The van der Waals surface area contributed by atoms with Crippen LogP contribution in [0.2, 0.25) is 0 Å². The van der Waals surface area contributed by atoms with Crippen LogP contribution in [-0.2, 0) is 4.79 Å². The van der Waals surface area contributed by atoms with E-state index in [1.165, 1.54) is 0 Å². The van der Waals surface area contributed by atoms with Gasteiger partial charge >= 0.3 is 5.97 Å². The Labute approximate surface area is 136 Å². The molecule has 0 fully saturated rings. The Kier molecular flexibility index (Phi) is 5.90. The monoisotopic (exact) mass is 315 g/mol. The van der Waals surface area contributed by atoms with Gasteiger partial charge in [0.05, 0.1) is 5.69 Å². The minimum absolute atomic E-state index is 0.544. The predicted octanol–water partition coefficient (Wildman–Crippen LogP) is 4.53. The molecule has 0 heterocycles. The van der Waals surface area contributed by atoms with Crippen molar-refractivity contribution >= 4 is 23.4 Å². The lowest BCUT2D eigenvalue weighted by atomic mass is 10.2. The van der Waals surface area contributed by atoms with E-state index in [0.717, 1.165) is 28.4 Å². The normalized spacial score (nSPS) is 11.9. The van der Waals surface area contributed by atoms with E-state index >= 15 is 0 Å². The maximum absolute atomic E-state index is 11.4. The van der Waals surface area contributed by atoms with Gasteiger partial charge in [-0.05, 0) is 37.6 Å². The highest BCUT2D eigenvalue weighted by Gasteiger charge is 2.22. The first kappa shape index (κ1) is 16.4. The highest BCUT2D eigenvalue weighted by Crippen LogP contribution is 2.36. The van der Waals surface area contributed by atoms with Crippen LogP contribution in [0.1, 0.15) is 20.3 Å². The first-order chi connectivity index (χ1) is 10.6. The largest absolute Gasteiger partial charge is 0.480 e. The Morgan fingerprint density at radius 1 is 1.14 bits per heavy atom. The number of benzene rings is 2. The summed E-state index contributed by atoms with van der Waals surface area (Å²) in [4.78, 5) is 15.6. The molecule has 116 valence electrons. The van der Waals surface area contributed by atoms with E-state index in [9.17, 15) is 9.90 Å². The van der Waals surface area contributed by atoms with Crippen molar-refractivity contribution in [2.75, 3.05) is 11.4 Å². The average molecular weight is 315 g/mol. The number of carboxylic acid groups (broad SMARTS) is 1. The number of carbonyl (C=O) groups is 1. The van der Waals surface area contributed by atoms with Gasteiger partial charge in [0.1, 0.15) is 6.04 Å². The molecule has 22 heavy (non-hydrogen) atoms. The summed E-state index contributed by atoms with van der Waals surface area (Å²) < 4.78 is 0. The van der Waals surface area contributed by atoms with E-state index in [0.29, 0.717) is 0 Å². The molecule has 4 heteroatoms. The third-order valence-electron chi connectivity index (χ3n) is 3.44. The van der Waals surface area contributed by atoms with Gasteiger partial charge in [-0.15, -0.1) is 0 Å². The van der Waals surface area contributed by atoms with Gasteiger partial charge in [-0.2, -0.15) is 0 Å². The van der Waals surface area contributed by atoms with Crippen molar-refractivity contribution < 1.29 is 9.90 Å². The fraction of sp³-hybridized carbons (Fsp3) is 0.278.